The van der Waals surface area contributed by atoms with E-state index in [2.05, 4.69) is 15.6 Å². The molecule has 1 aliphatic rings. The van der Waals surface area contributed by atoms with E-state index < -0.39 is 59.6 Å². The molecule has 1 fully saturated rings. The van der Waals surface area contributed by atoms with Gasteiger partial charge in [0.2, 0.25) is 5.96 Å². The number of aryl methyl sites for hydroxylation is 1. The number of benzene rings is 1. The van der Waals surface area contributed by atoms with Crippen LogP contribution in [0.5, 0.6) is 0 Å². The summed E-state index contributed by atoms with van der Waals surface area (Å²) in [5.74, 6) is -1.46. The standard InChI is InChI=1S/C33H51N3O10/c1-21-10-12-23(13-11-21)18-42-22(2)26(38)43-20-33(9,19-37)27(39)44-25-16-14-24(15-17-25)34-28(35-29(40)45-31(3,4)5)36-30(41)46-32(6,7)8/h10-13,22,24-25,37H,14-20H2,1-9H3,(H2,34,35,36,40,41). The minimum Gasteiger partial charge on any atom is -0.462 e. The van der Waals surface area contributed by atoms with Gasteiger partial charge in [-0.25, -0.2) is 14.4 Å². The van der Waals surface area contributed by atoms with Gasteiger partial charge in [-0.1, -0.05) is 29.8 Å². The van der Waals surface area contributed by atoms with Crippen LogP contribution in [0.2, 0.25) is 0 Å². The molecule has 13 nitrogen and oxygen atoms in total. The summed E-state index contributed by atoms with van der Waals surface area (Å²) in [4.78, 5) is 54.2. The van der Waals surface area contributed by atoms with Crippen molar-refractivity contribution in [2.24, 2.45) is 10.4 Å². The number of hydrogen-bond acceptors (Lipinski definition) is 10. The molecular weight excluding hydrogens is 598 g/mol. The molecule has 0 spiro atoms. The van der Waals surface area contributed by atoms with Gasteiger partial charge in [-0.2, -0.15) is 0 Å². The second-order valence-corrected chi connectivity index (χ2v) is 13.9. The van der Waals surface area contributed by atoms with Gasteiger partial charge in [0.05, 0.1) is 13.2 Å². The molecule has 258 valence electrons. The van der Waals surface area contributed by atoms with Crippen molar-refractivity contribution in [3.8, 4) is 0 Å². The fraction of sp³-hybridized carbons (Fsp3) is 0.667. The number of rotatable bonds is 10. The number of carbonyl (C=O) groups is 4. The second-order valence-electron chi connectivity index (χ2n) is 13.9. The molecule has 1 aromatic carbocycles. The number of nitrogens with zero attached hydrogens (tertiary/aromatic N) is 1. The van der Waals surface area contributed by atoms with Crippen LogP contribution in [0.1, 0.15) is 92.2 Å². The molecule has 0 radical (unpaired) electrons. The quantitative estimate of drug-likeness (QED) is 0.139. The maximum atomic E-state index is 13.1. The van der Waals surface area contributed by atoms with Crippen molar-refractivity contribution in [3.63, 3.8) is 0 Å². The van der Waals surface area contributed by atoms with Crippen LogP contribution in [-0.2, 0) is 39.9 Å². The molecule has 1 saturated carbocycles. The van der Waals surface area contributed by atoms with Crippen molar-refractivity contribution >= 4 is 30.1 Å². The Morgan fingerprint density at radius 1 is 0.935 bits per heavy atom. The Morgan fingerprint density at radius 2 is 1.52 bits per heavy atom. The summed E-state index contributed by atoms with van der Waals surface area (Å²) < 4.78 is 27.2. The van der Waals surface area contributed by atoms with E-state index in [0.29, 0.717) is 25.7 Å². The average molecular weight is 650 g/mol. The molecule has 0 aromatic heterocycles. The highest BCUT2D eigenvalue weighted by atomic mass is 16.6. The van der Waals surface area contributed by atoms with E-state index in [1.54, 1.807) is 48.5 Å². The van der Waals surface area contributed by atoms with Gasteiger partial charge in [0.15, 0.2) is 6.10 Å². The Labute approximate surface area is 271 Å². The molecule has 2 rings (SSSR count). The minimum absolute atomic E-state index is 0.115. The largest absolute Gasteiger partial charge is 0.462 e. The number of aliphatic hydroxyl groups is 1. The van der Waals surface area contributed by atoms with E-state index in [0.717, 1.165) is 11.1 Å². The lowest BCUT2D eigenvalue weighted by Gasteiger charge is -2.32. The first-order valence-corrected chi connectivity index (χ1v) is 15.5. The second kappa shape index (κ2) is 16.7. The normalized spacial score (nSPS) is 19.2. The summed E-state index contributed by atoms with van der Waals surface area (Å²) in [5, 5.41) is 15.5. The molecule has 0 heterocycles. The van der Waals surface area contributed by atoms with Crippen molar-refractivity contribution < 1.29 is 48.0 Å². The average Bonchev–Trinajstić information content (AvgIpc) is 2.94. The van der Waals surface area contributed by atoms with Crippen molar-refractivity contribution in [1.29, 1.82) is 0 Å². The zero-order valence-electron chi connectivity index (χ0n) is 28.6. The van der Waals surface area contributed by atoms with Gasteiger partial charge in [-0.3, -0.25) is 10.1 Å². The monoisotopic (exact) mass is 649 g/mol. The smallest absolute Gasteiger partial charge is 0.437 e. The van der Waals surface area contributed by atoms with Crippen LogP contribution in [0.3, 0.4) is 0 Å². The number of alkyl carbamates (subject to hydrolysis) is 1. The fourth-order valence-electron chi connectivity index (χ4n) is 4.18. The Hall–Kier alpha value is -3.71. The lowest BCUT2D eigenvalue weighted by Crippen LogP contribution is -2.49. The van der Waals surface area contributed by atoms with E-state index in [9.17, 15) is 24.3 Å². The summed E-state index contributed by atoms with van der Waals surface area (Å²) in [7, 11) is 0. The summed E-state index contributed by atoms with van der Waals surface area (Å²) >= 11 is 0. The summed E-state index contributed by atoms with van der Waals surface area (Å²) in [5.41, 5.74) is -0.994. The number of guanidine groups is 1. The highest BCUT2D eigenvalue weighted by Gasteiger charge is 2.39. The van der Waals surface area contributed by atoms with Crippen molar-refractivity contribution in [1.82, 2.24) is 10.6 Å². The molecule has 0 aliphatic heterocycles. The highest BCUT2D eigenvalue weighted by Crippen LogP contribution is 2.26. The number of hydrogen-bond donors (Lipinski definition) is 3. The van der Waals surface area contributed by atoms with Crippen LogP contribution in [0.4, 0.5) is 9.59 Å². The predicted molar refractivity (Wildman–Crippen MR) is 170 cm³/mol. The first-order chi connectivity index (χ1) is 21.3. The molecule has 2 amide bonds. The predicted octanol–water partition coefficient (Wildman–Crippen LogP) is 4.70. The van der Waals surface area contributed by atoms with Crippen LogP contribution in [-0.4, -0.2) is 77.9 Å². The Morgan fingerprint density at radius 3 is 2.07 bits per heavy atom. The third-order valence-corrected chi connectivity index (χ3v) is 6.83. The van der Waals surface area contributed by atoms with Gasteiger partial charge < -0.3 is 34.1 Å². The van der Waals surface area contributed by atoms with Crippen LogP contribution in [0.25, 0.3) is 0 Å². The lowest BCUT2D eigenvalue weighted by atomic mass is 9.91. The maximum absolute atomic E-state index is 13.1. The van der Waals surface area contributed by atoms with Gasteiger partial charge in [0.1, 0.15) is 29.3 Å². The molecule has 3 N–H and O–H groups in total. The number of esters is 2. The summed E-state index contributed by atoms with van der Waals surface area (Å²) in [6.07, 6.45) is -1.05. The Balaban J connectivity index is 1.90. The minimum atomic E-state index is -1.47. The third-order valence-electron chi connectivity index (χ3n) is 6.83. The first-order valence-electron chi connectivity index (χ1n) is 15.5. The van der Waals surface area contributed by atoms with Gasteiger partial charge in [-0.15, -0.1) is 4.99 Å². The van der Waals surface area contributed by atoms with Crippen LogP contribution in [0, 0.1) is 12.3 Å². The highest BCUT2D eigenvalue weighted by molar-refractivity contribution is 5.99. The molecule has 1 aromatic rings. The number of nitrogens with one attached hydrogen (secondary N) is 2. The van der Waals surface area contributed by atoms with Gasteiger partial charge >= 0.3 is 24.1 Å². The molecule has 13 heteroatoms. The van der Waals surface area contributed by atoms with Gasteiger partial charge in [0.25, 0.3) is 0 Å². The zero-order chi connectivity index (χ0) is 34.7. The van der Waals surface area contributed by atoms with Crippen molar-refractivity contribution in [2.75, 3.05) is 13.2 Å². The van der Waals surface area contributed by atoms with Crippen molar-refractivity contribution in [3.05, 3.63) is 35.4 Å². The van der Waals surface area contributed by atoms with Crippen LogP contribution in [0.15, 0.2) is 29.3 Å². The topological polar surface area (TPSA) is 171 Å². The maximum Gasteiger partial charge on any atom is 0.437 e. The van der Waals surface area contributed by atoms with Gasteiger partial charge in [-0.05, 0) is 93.6 Å². The summed E-state index contributed by atoms with van der Waals surface area (Å²) in [6, 6.07) is 7.51. The molecule has 0 saturated heterocycles. The van der Waals surface area contributed by atoms with E-state index >= 15 is 0 Å². The van der Waals surface area contributed by atoms with E-state index in [1.165, 1.54) is 6.92 Å². The lowest BCUT2D eigenvalue weighted by molar-refractivity contribution is -0.175. The van der Waals surface area contributed by atoms with Gasteiger partial charge in [0, 0.05) is 6.04 Å². The number of aliphatic hydroxyl groups excluding tert-OH is 1. The van der Waals surface area contributed by atoms with E-state index in [-0.39, 0.29) is 25.2 Å². The molecular formula is C33H51N3O10. The fourth-order valence-corrected chi connectivity index (χ4v) is 4.18. The number of ether oxygens (including phenoxy) is 5. The molecule has 2 atom stereocenters. The summed E-state index contributed by atoms with van der Waals surface area (Å²) in [6.45, 7) is 14.5. The number of amides is 2. The number of carbonyl (C=O) groups excluding carboxylic acids is 4. The first kappa shape index (κ1) is 38.5. The SMILES string of the molecule is Cc1ccc(COC(C)C(=O)OCC(C)(CO)C(=O)OC2CCC(N/C(=N\C(=O)OC(C)(C)C)NC(=O)OC(C)(C)C)CC2)cc1. The molecule has 46 heavy (non-hydrogen) atoms. The molecule has 2 unspecified atom stereocenters. The van der Waals surface area contributed by atoms with Crippen LogP contribution >= 0.6 is 0 Å². The molecule has 1 aliphatic carbocycles. The molecule has 0 bridgehead atoms. The third kappa shape index (κ3) is 14.2. The Kier molecular flexibility index (Phi) is 14.0. The van der Waals surface area contributed by atoms with E-state index in [4.69, 9.17) is 23.7 Å². The van der Waals surface area contributed by atoms with Crippen LogP contribution < -0.4 is 10.6 Å². The van der Waals surface area contributed by atoms with Crippen molar-refractivity contribution in [2.45, 2.75) is 124 Å². The van der Waals surface area contributed by atoms with E-state index in [1.807, 2.05) is 31.2 Å². The number of aliphatic imine (C=N–C) groups is 1. The Bertz CT molecular complexity index is 1210. The zero-order valence-corrected chi connectivity index (χ0v) is 28.6.